The lowest BCUT2D eigenvalue weighted by Gasteiger charge is -2.26. The first-order chi connectivity index (χ1) is 9.75. The molecular formula is C13H16N6O. The molecule has 7 nitrogen and oxygen atoms in total. The molecule has 2 aliphatic rings. The van der Waals surface area contributed by atoms with E-state index >= 15 is 0 Å². The number of nitrogens with one attached hydrogen (secondary N) is 1. The summed E-state index contributed by atoms with van der Waals surface area (Å²) in [6, 6.07) is -0.254. The highest BCUT2D eigenvalue weighted by molar-refractivity contribution is 5.91. The van der Waals surface area contributed by atoms with Gasteiger partial charge in [-0.25, -0.2) is 9.97 Å². The van der Waals surface area contributed by atoms with Crippen molar-refractivity contribution in [1.82, 2.24) is 20.2 Å². The fourth-order valence-corrected chi connectivity index (χ4v) is 3.87. The first-order valence-corrected chi connectivity index (χ1v) is 6.96. The fourth-order valence-electron chi connectivity index (χ4n) is 3.87. The van der Waals surface area contributed by atoms with Crippen LogP contribution in [0, 0.1) is 11.8 Å². The van der Waals surface area contributed by atoms with Gasteiger partial charge in [-0.3, -0.25) is 9.89 Å². The van der Waals surface area contributed by atoms with E-state index < -0.39 is 0 Å². The van der Waals surface area contributed by atoms with Gasteiger partial charge in [-0.15, -0.1) is 0 Å². The molecule has 20 heavy (non-hydrogen) atoms. The molecule has 0 bridgehead atoms. The summed E-state index contributed by atoms with van der Waals surface area (Å²) in [6.45, 7) is 0.843. The second-order valence-corrected chi connectivity index (χ2v) is 5.68. The van der Waals surface area contributed by atoms with Crippen molar-refractivity contribution in [2.45, 2.75) is 25.3 Å². The van der Waals surface area contributed by atoms with Gasteiger partial charge in [-0.2, -0.15) is 5.10 Å². The maximum Gasteiger partial charge on any atom is 0.240 e. The van der Waals surface area contributed by atoms with Gasteiger partial charge in [-0.05, 0) is 24.7 Å². The molecule has 1 aliphatic carbocycles. The Kier molecular flexibility index (Phi) is 2.42. The molecule has 4 rings (SSSR count). The smallest absolute Gasteiger partial charge is 0.240 e. The van der Waals surface area contributed by atoms with E-state index in [-0.39, 0.29) is 11.9 Å². The number of amides is 1. The van der Waals surface area contributed by atoms with Crippen molar-refractivity contribution < 1.29 is 4.79 Å². The monoisotopic (exact) mass is 272 g/mol. The summed E-state index contributed by atoms with van der Waals surface area (Å²) in [5.74, 6) is 1.42. The molecular weight excluding hydrogens is 256 g/mol. The molecule has 2 fully saturated rings. The number of aromatic amines is 1. The number of carbonyl (C=O) groups excluding carboxylic acids is 1. The minimum absolute atomic E-state index is 0.254. The van der Waals surface area contributed by atoms with Crippen LogP contribution < -0.4 is 10.6 Å². The Balaban J connectivity index is 1.81. The predicted molar refractivity (Wildman–Crippen MR) is 72.8 cm³/mol. The minimum atomic E-state index is -0.255. The highest BCUT2D eigenvalue weighted by Gasteiger charge is 2.47. The SMILES string of the molecule is NC(=O)C1C2CCCC2CN1c1ncnc2[nH]ncc12. The number of primary amides is 1. The molecule has 3 heterocycles. The van der Waals surface area contributed by atoms with Gasteiger partial charge in [0.15, 0.2) is 5.65 Å². The zero-order chi connectivity index (χ0) is 13.7. The Hall–Kier alpha value is -2.18. The van der Waals surface area contributed by atoms with Crippen molar-refractivity contribution in [3.63, 3.8) is 0 Å². The highest BCUT2D eigenvalue weighted by Crippen LogP contribution is 2.44. The Morgan fingerprint density at radius 1 is 1.40 bits per heavy atom. The van der Waals surface area contributed by atoms with E-state index in [2.05, 4.69) is 25.1 Å². The van der Waals surface area contributed by atoms with E-state index in [0.717, 1.165) is 24.2 Å². The minimum Gasteiger partial charge on any atom is -0.368 e. The van der Waals surface area contributed by atoms with Crippen LogP contribution in [-0.4, -0.2) is 38.7 Å². The second kappa shape index (κ2) is 4.16. The molecule has 2 aromatic rings. The maximum atomic E-state index is 11.9. The van der Waals surface area contributed by atoms with Crippen molar-refractivity contribution in [2.24, 2.45) is 17.6 Å². The standard InChI is InChI=1S/C13H16N6O/c14-11(20)10-8-3-1-2-7(8)5-19(10)13-9-4-17-18-12(9)15-6-16-13/h4,6-8,10H,1-3,5H2,(H2,14,20)(H,15,16,17,18). The Bertz CT molecular complexity index is 668. The maximum absolute atomic E-state index is 11.9. The molecule has 0 radical (unpaired) electrons. The van der Waals surface area contributed by atoms with Crippen LogP contribution in [0.5, 0.6) is 0 Å². The van der Waals surface area contributed by atoms with E-state index in [0.29, 0.717) is 17.5 Å². The normalized spacial score (nSPS) is 29.0. The quantitative estimate of drug-likeness (QED) is 0.826. The van der Waals surface area contributed by atoms with Crippen molar-refractivity contribution in [1.29, 1.82) is 0 Å². The summed E-state index contributed by atoms with van der Waals surface area (Å²) in [4.78, 5) is 22.5. The summed E-state index contributed by atoms with van der Waals surface area (Å²) in [6.07, 6.45) is 6.65. The van der Waals surface area contributed by atoms with Crippen LogP contribution >= 0.6 is 0 Å². The van der Waals surface area contributed by atoms with Crippen LogP contribution in [0.4, 0.5) is 5.82 Å². The van der Waals surface area contributed by atoms with E-state index in [1.54, 1.807) is 6.20 Å². The van der Waals surface area contributed by atoms with Crippen LogP contribution in [0.2, 0.25) is 0 Å². The average molecular weight is 272 g/mol. The Labute approximate surface area is 115 Å². The molecule has 1 saturated carbocycles. The van der Waals surface area contributed by atoms with Gasteiger partial charge in [0.05, 0.1) is 11.6 Å². The second-order valence-electron chi connectivity index (χ2n) is 5.68. The molecule has 2 aromatic heterocycles. The Morgan fingerprint density at radius 3 is 3.15 bits per heavy atom. The van der Waals surface area contributed by atoms with Crippen LogP contribution in [-0.2, 0) is 4.79 Å². The molecule has 1 aliphatic heterocycles. The molecule has 1 amide bonds. The van der Waals surface area contributed by atoms with Crippen molar-refractivity contribution in [3.8, 4) is 0 Å². The lowest BCUT2D eigenvalue weighted by Crippen LogP contribution is -2.44. The first-order valence-electron chi connectivity index (χ1n) is 6.96. The summed E-state index contributed by atoms with van der Waals surface area (Å²) in [7, 11) is 0. The summed E-state index contributed by atoms with van der Waals surface area (Å²) in [5.41, 5.74) is 6.34. The number of aromatic nitrogens is 4. The molecule has 3 unspecified atom stereocenters. The van der Waals surface area contributed by atoms with E-state index in [9.17, 15) is 4.79 Å². The third kappa shape index (κ3) is 1.52. The van der Waals surface area contributed by atoms with Gasteiger partial charge in [0.1, 0.15) is 18.2 Å². The van der Waals surface area contributed by atoms with Gasteiger partial charge in [-0.1, -0.05) is 6.42 Å². The average Bonchev–Trinajstić information content (AvgIpc) is 3.11. The van der Waals surface area contributed by atoms with Gasteiger partial charge in [0.25, 0.3) is 0 Å². The first kappa shape index (κ1) is 11.6. The van der Waals surface area contributed by atoms with E-state index in [4.69, 9.17) is 5.73 Å². The fraction of sp³-hybridized carbons (Fsp3) is 0.538. The number of nitrogens with zero attached hydrogens (tertiary/aromatic N) is 4. The van der Waals surface area contributed by atoms with Crippen LogP contribution in [0.3, 0.4) is 0 Å². The molecule has 1 saturated heterocycles. The van der Waals surface area contributed by atoms with Crippen LogP contribution in [0.15, 0.2) is 12.5 Å². The molecule has 3 N–H and O–H groups in total. The molecule has 0 aromatic carbocycles. The molecule has 0 spiro atoms. The zero-order valence-corrected chi connectivity index (χ0v) is 11.0. The summed E-state index contributed by atoms with van der Waals surface area (Å²) in [5, 5.41) is 7.69. The van der Waals surface area contributed by atoms with Crippen molar-refractivity contribution in [2.75, 3.05) is 11.4 Å². The number of hydrogen-bond acceptors (Lipinski definition) is 5. The lowest BCUT2D eigenvalue weighted by molar-refractivity contribution is -0.120. The lowest BCUT2D eigenvalue weighted by atomic mass is 9.94. The summed E-state index contributed by atoms with van der Waals surface area (Å²) < 4.78 is 0. The number of hydrogen-bond donors (Lipinski definition) is 2. The van der Waals surface area contributed by atoms with Crippen molar-refractivity contribution in [3.05, 3.63) is 12.5 Å². The number of nitrogens with two attached hydrogens (primary N) is 1. The topological polar surface area (TPSA) is 101 Å². The number of fused-ring (bicyclic) bond motifs is 2. The molecule has 104 valence electrons. The number of rotatable bonds is 2. The number of H-pyrrole nitrogens is 1. The Morgan fingerprint density at radius 2 is 2.30 bits per heavy atom. The van der Waals surface area contributed by atoms with Gasteiger partial charge in [0, 0.05) is 6.54 Å². The van der Waals surface area contributed by atoms with Gasteiger partial charge in [0.2, 0.25) is 5.91 Å². The number of carbonyl (C=O) groups is 1. The zero-order valence-electron chi connectivity index (χ0n) is 11.0. The largest absolute Gasteiger partial charge is 0.368 e. The molecule has 3 atom stereocenters. The van der Waals surface area contributed by atoms with Gasteiger partial charge >= 0.3 is 0 Å². The van der Waals surface area contributed by atoms with Crippen molar-refractivity contribution >= 4 is 22.8 Å². The van der Waals surface area contributed by atoms with E-state index in [1.807, 2.05) is 0 Å². The van der Waals surface area contributed by atoms with Crippen LogP contribution in [0.25, 0.3) is 11.0 Å². The molecule has 7 heteroatoms. The summed E-state index contributed by atoms with van der Waals surface area (Å²) >= 11 is 0. The van der Waals surface area contributed by atoms with Crippen LogP contribution in [0.1, 0.15) is 19.3 Å². The van der Waals surface area contributed by atoms with Gasteiger partial charge < -0.3 is 10.6 Å². The van der Waals surface area contributed by atoms with E-state index in [1.165, 1.54) is 19.2 Å². The third-order valence-corrected chi connectivity index (χ3v) is 4.68. The number of anilines is 1. The predicted octanol–water partition coefficient (Wildman–Crippen LogP) is 0.443. The third-order valence-electron chi connectivity index (χ3n) is 4.68. The highest BCUT2D eigenvalue weighted by atomic mass is 16.1.